The fourth-order valence-corrected chi connectivity index (χ4v) is 1.74. The molecular weight excluding hydrogens is 154 g/mol. The van der Waals surface area contributed by atoms with Crippen LogP contribution in [0.1, 0.15) is 32.1 Å². The van der Waals surface area contributed by atoms with Crippen LogP contribution >= 0.6 is 0 Å². The molecule has 4 heteroatoms. The lowest BCUT2D eigenvalue weighted by atomic mass is 9.95. The van der Waals surface area contributed by atoms with Gasteiger partial charge in [0.25, 0.3) is 0 Å². The molecule has 0 radical (unpaired) electrons. The molecule has 0 bridgehead atoms. The monoisotopic (exact) mass is 171 g/mol. The highest BCUT2D eigenvalue weighted by molar-refractivity contribution is 5.73. The maximum absolute atomic E-state index is 11.1. The minimum atomic E-state index is -0.179. The van der Waals surface area contributed by atoms with Crippen LogP contribution in [0.4, 0.5) is 4.79 Å². The number of urea groups is 1. The summed E-state index contributed by atoms with van der Waals surface area (Å²) >= 11 is 0. The third-order valence-electron chi connectivity index (χ3n) is 2.57. The van der Waals surface area contributed by atoms with E-state index in [0.29, 0.717) is 6.04 Å². The van der Waals surface area contributed by atoms with Crippen molar-refractivity contribution in [2.75, 3.05) is 7.05 Å². The normalized spacial score (nSPS) is 18.8. The SMILES string of the molecule is CN(C(=O)NN)C1CCCCC1. The fraction of sp³-hybridized carbons (Fsp3) is 0.875. The summed E-state index contributed by atoms with van der Waals surface area (Å²) in [5.74, 6) is 5.04. The maximum atomic E-state index is 11.1. The van der Waals surface area contributed by atoms with E-state index in [1.165, 1.54) is 19.3 Å². The van der Waals surface area contributed by atoms with Crippen molar-refractivity contribution in [1.29, 1.82) is 0 Å². The molecule has 3 N–H and O–H groups in total. The number of nitrogens with two attached hydrogens (primary N) is 1. The third kappa shape index (κ3) is 2.11. The van der Waals surface area contributed by atoms with Gasteiger partial charge < -0.3 is 4.90 Å². The van der Waals surface area contributed by atoms with Gasteiger partial charge >= 0.3 is 6.03 Å². The van der Waals surface area contributed by atoms with E-state index in [1.54, 1.807) is 11.9 Å². The molecule has 0 saturated heterocycles. The predicted octanol–water partition coefficient (Wildman–Crippen LogP) is 0.834. The predicted molar refractivity (Wildman–Crippen MR) is 47.4 cm³/mol. The van der Waals surface area contributed by atoms with Crippen LogP contribution in [0.15, 0.2) is 0 Å². The molecule has 0 aromatic rings. The van der Waals surface area contributed by atoms with Gasteiger partial charge in [0.1, 0.15) is 0 Å². The fourth-order valence-electron chi connectivity index (χ4n) is 1.74. The van der Waals surface area contributed by atoms with Crippen molar-refractivity contribution in [1.82, 2.24) is 10.3 Å². The Kier molecular flexibility index (Phi) is 3.34. The summed E-state index contributed by atoms with van der Waals surface area (Å²) in [4.78, 5) is 12.8. The number of hydrazine groups is 1. The summed E-state index contributed by atoms with van der Waals surface area (Å²) in [6, 6.07) is 0.212. The summed E-state index contributed by atoms with van der Waals surface area (Å²) < 4.78 is 0. The van der Waals surface area contributed by atoms with E-state index in [0.717, 1.165) is 12.8 Å². The van der Waals surface area contributed by atoms with Crippen molar-refractivity contribution in [2.24, 2.45) is 5.84 Å². The van der Waals surface area contributed by atoms with Crippen LogP contribution in [0.5, 0.6) is 0 Å². The van der Waals surface area contributed by atoms with E-state index in [4.69, 9.17) is 5.84 Å². The Morgan fingerprint density at radius 2 is 2.00 bits per heavy atom. The van der Waals surface area contributed by atoms with Crippen molar-refractivity contribution in [3.63, 3.8) is 0 Å². The average molecular weight is 171 g/mol. The molecule has 12 heavy (non-hydrogen) atoms. The number of carbonyl (C=O) groups excluding carboxylic acids is 1. The number of hydrogen-bond donors (Lipinski definition) is 2. The molecule has 1 fully saturated rings. The molecule has 1 aliphatic carbocycles. The zero-order valence-electron chi connectivity index (χ0n) is 7.55. The quantitative estimate of drug-likeness (QED) is 0.349. The van der Waals surface area contributed by atoms with Gasteiger partial charge in [-0.3, -0.25) is 5.43 Å². The van der Waals surface area contributed by atoms with Crippen LogP contribution in [0.3, 0.4) is 0 Å². The third-order valence-corrected chi connectivity index (χ3v) is 2.57. The van der Waals surface area contributed by atoms with Gasteiger partial charge in [0.15, 0.2) is 0 Å². The second-order valence-corrected chi connectivity index (χ2v) is 3.35. The first-order valence-corrected chi connectivity index (χ1v) is 4.49. The molecule has 1 aliphatic rings. The largest absolute Gasteiger partial charge is 0.331 e. The zero-order chi connectivity index (χ0) is 8.97. The first kappa shape index (κ1) is 9.32. The number of nitrogens with zero attached hydrogens (tertiary/aromatic N) is 1. The van der Waals surface area contributed by atoms with E-state index in [1.807, 2.05) is 0 Å². The number of nitrogens with one attached hydrogen (secondary N) is 1. The number of carbonyl (C=O) groups is 1. The van der Waals surface area contributed by atoms with Gasteiger partial charge in [-0.25, -0.2) is 10.6 Å². The van der Waals surface area contributed by atoms with Gasteiger partial charge in [0.05, 0.1) is 0 Å². The van der Waals surface area contributed by atoms with E-state index in [2.05, 4.69) is 5.43 Å². The molecule has 0 aromatic heterocycles. The van der Waals surface area contributed by atoms with Crippen molar-refractivity contribution < 1.29 is 4.79 Å². The van der Waals surface area contributed by atoms with Gasteiger partial charge in [0.2, 0.25) is 0 Å². The van der Waals surface area contributed by atoms with E-state index >= 15 is 0 Å². The minimum absolute atomic E-state index is 0.179. The second-order valence-electron chi connectivity index (χ2n) is 3.35. The molecular formula is C8H17N3O. The van der Waals surface area contributed by atoms with Crippen LogP contribution in [0.25, 0.3) is 0 Å². The second kappa shape index (κ2) is 4.30. The molecule has 1 rings (SSSR count). The van der Waals surface area contributed by atoms with Crippen LogP contribution in [0, 0.1) is 0 Å². The summed E-state index contributed by atoms with van der Waals surface area (Å²) in [6.45, 7) is 0. The molecule has 0 heterocycles. The van der Waals surface area contributed by atoms with Crippen molar-refractivity contribution in [2.45, 2.75) is 38.1 Å². The molecule has 2 amide bonds. The van der Waals surface area contributed by atoms with Gasteiger partial charge in [-0.1, -0.05) is 19.3 Å². The number of hydrogen-bond acceptors (Lipinski definition) is 2. The van der Waals surface area contributed by atoms with E-state index in [-0.39, 0.29) is 6.03 Å². The van der Waals surface area contributed by atoms with Gasteiger partial charge in [0, 0.05) is 13.1 Å². The lowest BCUT2D eigenvalue weighted by Crippen LogP contribution is -2.46. The first-order chi connectivity index (χ1) is 5.75. The Morgan fingerprint density at radius 1 is 1.42 bits per heavy atom. The average Bonchev–Trinajstić information content (AvgIpc) is 2.17. The molecule has 0 atom stereocenters. The number of rotatable bonds is 1. The molecule has 0 unspecified atom stereocenters. The highest BCUT2D eigenvalue weighted by Gasteiger charge is 2.20. The topological polar surface area (TPSA) is 58.4 Å². The lowest BCUT2D eigenvalue weighted by Gasteiger charge is -2.30. The lowest BCUT2D eigenvalue weighted by molar-refractivity contribution is 0.174. The van der Waals surface area contributed by atoms with Crippen LogP contribution in [-0.4, -0.2) is 24.0 Å². The minimum Gasteiger partial charge on any atom is -0.324 e. The van der Waals surface area contributed by atoms with E-state index < -0.39 is 0 Å². The smallest absolute Gasteiger partial charge is 0.324 e. The van der Waals surface area contributed by atoms with Gasteiger partial charge in [-0.15, -0.1) is 0 Å². The standard InChI is InChI=1S/C8H17N3O/c1-11(8(12)10-9)7-5-3-2-4-6-7/h7H,2-6,9H2,1H3,(H,10,12). The molecule has 4 nitrogen and oxygen atoms in total. The zero-order valence-corrected chi connectivity index (χ0v) is 7.55. The Labute approximate surface area is 73.1 Å². The summed E-state index contributed by atoms with van der Waals surface area (Å²) in [7, 11) is 1.80. The molecule has 0 aliphatic heterocycles. The summed E-state index contributed by atoms with van der Waals surface area (Å²) in [5.41, 5.74) is 2.15. The first-order valence-electron chi connectivity index (χ1n) is 4.49. The van der Waals surface area contributed by atoms with Crippen molar-refractivity contribution >= 4 is 6.03 Å². The molecule has 0 aromatic carbocycles. The highest BCUT2D eigenvalue weighted by Crippen LogP contribution is 2.21. The number of amides is 2. The Bertz CT molecular complexity index is 154. The Balaban J connectivity index is 2.39. The summed E-state index contributed by atoms with van der Waals surface area (Å²) in [6.07, 6.45) is 5.99. The highest BCUT2D eigenvalue weighted by atomic mass is 16.2. The van der Waals surface area contributed by atoms with Crippen molar-refractivity contribution in [3.05, 3.63) is 0 Å². The molecule has 1 saturated carbocycles. The van der Waals surface area contributed by atoms with Crippen LogP contribution < -0.4 is 11.3 Å². The van der Waals surface area contributed by atoms with E-state index in [9.17, 15) is 4.79 Å². The Hall–Kier alpha value is -0.770. The van der Waals surface area contributed by atoms with Crippen LogP contribution in [0.2, 0.25) is 0 Å². The van der Waals surface area contributed by atoms with Gasteiger partial charge in [-0.2, -0.15) is 0 Å². The van der Waals surface area contributed by atoms with Gasteiger partial charge in [-0.05, 0) is 12.8 Å². The maximum Gasteiger partial charge on any atom is 0.331 e. The molecule has 70 valence electrons. The van der Waals surface area contributed by atoms with Crippen LogP contribution in [-0.2, 0) is 0 Å². The summed E-state index contributed by atoms with van der Waals surface area (Å²) in [5, 5.41) is 0. The van der Waals surface area contributed by atoms with Crippen molar-refractivity contribution in [3.8, 4) is 0 Å². The molecule has 0 spiro atoms. The Morgan fingerprint density at radius 3 is 2.50 bits per heavy atom.